The fourth-order valence-corrected chi connectivity index (χ4v) is 2.95. The summed E-state index contributed by atoms with van der Waals surface area (Å²) in [6, 6.07) is 10.3. The largest absolute Gasteiger partial charge is 0.348 e. The van der Waals surface area contributed by atoms with E-state index in [2.05, 4.69) is 45.6 Å². The molecular formula is C16H17N5. The molecule has 0 spiro atoms. The van der Waals surface area contributed by atoms with E-state index in [9.17, 15) is 0 Å². The van der Waals surface area contributed by atoms with Gasteiger partial charge in [0.15, 0.2) is 0 Å². The number of H-pyrrole nitrogens is 1. The van der Waals surface area contributed by atoms with Crippen molar-refractivity contribution in [1.29, 1.82) is 0 Å². The molecule has 5 nitrogen and oxygen atoms in total. The molecule has 2 N–H and O–H groups in total. The third-order valence-corrected chi connectivity index (χ3v) is 4.02. The van der Waals surface area contributed by atoms with E-state index in [1.165, 1.54) is 11.3 Å². The Morgan fingerprint density at radius 2 is 2.10 bits per heavy atom. The van der Waals surface area contributed by atoms with Gasteiger partial charge in [-0.3, -0.25) is 0 Å². The SMILES string of the molecule is Cc1nn(-c2ccccc2)cc1C1NCCc2[nH]cnc21. The van der Waals surface area contributed by atoms with Gasteiger partial charge in [-0.05, 0) is 19.1 Å². The first-order chi connectivity index (χ1) is 10.3. The van der Waals surface area contributed by atoms with Crippen LogP contribution in [0.4, 0.5) is 0 Å². The van der Waals surface area contributed by atoms with Crippen LogP contribution in [0.2, 0.25) is 0 Å². The van der Waals surface area contributed by atoms with Crippen LogP contribution < -0.4 is 5.32 Å². The Hall–Kier alpha value is -2.40. The molecule has 3 heterocycles. The molecule has 0 aliphatic carbocycles. The number of aromatic amines is 1. The zero-order valence-corrected chi connectivity index (χ0v) is 11.9. The van der Waals surface area contributed by atoms with Gasteiger partial charge < -0.3 is 10.3 Å². The number of hydrogen-bond donors (Lipinski definition) is 2. The average Bonchev–Trinajstić information content (AvgIpc) is 3.14. The molecule has 0 radical (unpaired) electrons. The summed E-state index contributed by atoms with van der Waals surface area (Å²) in [6.45, 7) is 3.01. The molecular weight excluding hydrogens is 262 g/mol. The van der Waals surface area contributed by atoms with Crippen molar-refractivity contribution in [1.82, 2.24) is 25.1 Å². The first kappa shape index (κ1) is 12.3. The summed E-state index contributed by atoms with van der Waals surface area (Å²) in [7, 11) is 0. The molecule has 5 heteroatoms. The Balaban J connectivity index is 1.76. The minimum atomic E-state index is 0.123. The normalized spacial score (nSPS) is 17.7. The van der Waals surface area contributed by atoms with Crippen LogP contribution in [0.1, 0.15) is 28.7 Å². The highest BCUT2D eigenvalue weighted by Crippen LogP contribution is 2.28. The molecule has 0 saturated heterocycles. The van der Waals surface area contributed by atoms with Gasteiger partial charge in [-0.15, -0.1) is 0 Å². The Morgan fingerprint density at radius 1 is 1.24 bits per heavy atom. The minimum absolute atomic E-state index is 0.123. The van der Waals surface area contributed by atoms with Crippen molar-refractivity contribution in [3.05, 3.63) is 65.5 Å². The predicted molar refractivity (Wildman–Crippen MR) is 80.4 cm³/mol. The molecule has 0 bridgehead atoms. The number of para-hydroxylation sites is 1. The first-order valence-electron chi connectivity index (χ1n) is 7.20. The fraction of sp³-hybridized carbons (Fsp3) is 0.250. The second-order valence-electron chi connectivity index (χ2n) is 5.35. The molecule has 1 atom stereocenters. The highest BCUT2D eigenvalue weighted by atomic mass is 15.3. The number of hydrogen-bond acceptors (Lipinski definition) is 3. The molecule has 1 aliphatic heterocycles. The van der Waals surface area contributed by atoms with E-state index in [0.29, 0.717) is 0 Å². The van der Waals surface area contributed by atoms with Gasteiger partial charge in [0.25, 0.3) is 0 Å². The smallest absolute Gasteiger partial charge is 0.0926 e. The number of rotatable bonds is 2. The van der Waals surface area contributed by atoms with Crippen LogP contribution in [-0.4, -0.2) is 26.3 Å². The summed E-state index contributed by atoms with van der Waals surface area (Å²) in [5, 5.41) is 8.20. The highest BCUT2D eigenvalue weighted by Gasteiger charge is 2.26. The van der Waals surface area contributed by atoms with E-state index in [-0.39, 0.29) is 6.04 Å². The van der Waals surface area contributed by atoms with Crippen LogP contribution in [0, 0.1) is 6.92 Å². The van der Waals surface area contributed by atoms with Crippen LogP contribution in [0.15, 0.2) is 42.9 Å². The third kappa shape index (κ3) is 2.06. The van der Waals surface area contributed by atoms with Gasteiger partial charge in [0.05, 0.1) is 29.4 Å². The number of nitrogens with one attached hydrogen (secondary N) is 2. The second kappa shape index (κ2) is 4.86. The van der Waals surface area contributed by atoms with Gasteiger partial charge in [-0.1, -0.05) is 18.2 Å². The van der Waals surface area contributed by atoms with Gasteiger partial charge in [0, 0.05) is 30.4 Å². The number of fused-ring (bicyclic) bond motifs is 1. The zero-order valence-electron chi connectivity index (χ0n) is 11.9. The maximum absolute atomic E-state index is 4.65. The van der Waals surface area contributed by atoms with Gasteiger partial charge in [-0.2, -0.15) is 5.10 Å². The molecule has 0 fully saturated rings. The summed E-state index contributed by atoms with van der Waals surface area (Å²) in [5.74, 6) is 0. The minimum Gasteiger partial charge on any atom is -0.348 e. The second-order valence-corrected chi connectivity index (χ2v) is 5.35. The number of aromatic nitrogens is 4. The van der Waals surface area contributed by atoms with Crippen molar-refractivity contribution in [3.63, 3.8) is 0 Å². The Labute approximate surface area is 123 Å². The predicted octanol–water partition coefficient (Wildman–Crippen LogP) is 2.14. The highest BCUT2D eigenvalue weighted by molar-refractivity contribution is 5.37. The van der Waals surface area contributed by atoms with E-state index >= 15 is 0 Å². The summed E-state index contributed by atoms with van der Waals surface area (Å²) >= 11 is 0. The number of imidazole rings is 1. The van der Waals surface area contributed by atoms with Crippen LogP contribution in [0.3, 0.4) is 0 Å². The maximum Gasteiger partial charge on any atom is 0.0926 e. The van der Waals surface area contributed by atoms with Crippen LogP contribution >= 0.6 is 0 Å². The molecule has 0 saturated carbocycles. The van der Waals surface area contributed by atoms with Gasteiger partial charge in [0.1, 0.15) is 0 Å². The van der Waals surface area contributed by atoms with E-state index in [4.69, 9.17) is 0 Å². The molecule has 0 amide bonds. The molecule has 3 aromatic rings. The average molecular weight is 279 g/mol. The van der Waals surface area contributed by atoms with Gasteiger partial charge in [-0.25, -0.2) is 9.67 Å². The van der Waals surface area contributed by atoms with Crippen molar-refractivity contribution < 1.29 is 0 Å². The van der Waals surface area contributed by atoms with Crippen molar-refractivity contribution in [2.45, 2.75) is 19.4 Å². The lowest BCUT2D eigenvalue weighted by Gasteiger charge is -2.22. The van der Waals surface area contributed by atoms with E-state index in [1.54, 1.807) is 6.33 Å². The standard InChI is InChI=1S/C16H17N5/c1-11-13(9-21(20-11)12-5-3-2-4-6-12)15-16-14(7-8-17-15)18-10-19-16/h2-6,9-10,15,17H,7-8H2,1H3,(H,18,19). The molecule has 106 valence electrons. The summed E-state index contributed by atoms with van der Waals surface area (Å²) in [6.07, 6.45) is 4.88. The Kier molecular flexibility index (Phi) is 2.86. The van der Waals surface area contributed by atoms with Crippen molar-refractivity contribution >= 4 is 0 Å². The van der Waals surface area contributed by atoms with Gasteiger partial charge >= 0.3 is 0 Å². The summed E-state index contributed by atoms with van der Waals surface area (Å²) in [4.78, 5) is 7.72. The molecule has 4 rings (SSSR count). The molecule has 2 aromatic heterocycles. The van der Waals surface area contributed by atoms with Crippen LogP contribution in [-0.2, 0) is 6.42 Å². The Morgan fingerprint density at radius 3 is 2.95 bits per heavy atom. The molecule has 1 aromatic carbocycles. The molecule has 1 aliphatic rings. The Bertz CT molecular complexity index is 756. The molecule has 1 unspecified atom stereocenters. The van der Waals surface area contributed by atoms with E-state index < -0.39 is 0 Å². The van der Waals surface area contributed by atoms with Crippen LogP contribution in [0.25, 0.3) is 5.69 Å². The number of benzene rings is 1. The van der Waals surface area contributed by atoms with Gasteiger partial charge in [0.2, 0.25) is 0 Å². The number of nitrogens with zero attached hydrogens (tertiary/aromatic N) is 3. The van der Waals surface area contributed by atoms with Crippen LogP contribution in [0.5, 0.6) is 0 Å². The summed E-state index contributed by atoms with van der Waals surface area (Å²) in [5.41, 5.74) is 5.62. The monoisotopic (exact) mass is 279 g/mol. The first-order valence-corrected chi connectivity index (χ1v) is 7.20. The zero-order chi connectivity index (χ0) is 14.2. The lowest BCUT2D eigenvalue weighted by atomic mass is 9.99. The molecule has 21 heavy (non-hydrogen) atoms. The summed E-state index contributed by atoms with van der Waals surface area (Å²) < 4.78 is 1.94. The van der Waals surface area contributed by atoms with Crippen molar-refractivity contribution in [2.75, 3.05) is 6.54 Å². The topological polar surface area (TPSA) is 58.5 Å². The lowest BCUT2D eigenvalue weighted by molar-refractivity contribution is 0.551. The van der Waals surface area contributed by atoms with E-state index in [0.717, 1.165) is 30.0 Å². The third-order valence-electron chi connectivity index (χ3n) is 4.02. The van der Waals surface area contributed by atoms with E-state index in [1.807, 2.05) is 22.9 Å². The maximum atomic E-state index is 4.65. The quantitative estimate of drug-likeness (QED) is 0.755. The van der Waals surface area contributed by atoms with Crippen molar-refractivity contribution in [3.8, 4) is 5.69 Å². The number of aryl methyl sites for hydroxylation is 1. The fourth-order valence-electron chi connectivity index (χ4n) is 2.95. The van der Waals surface area contributed by atoms with Crippen molar-refractivity contribution in [2.24, 2.45) is 0 Å². The lowest BCUT2D eigenvalue weighted by Crippen LogP contribution is -2.30.